The summed E-state index contributed by atoms with van der Waals surface area (Å²) in [7, 11) is 1.36. The minimum absolute atomic E-state index is 0.0631. The molecule has 22 heavy (non-hydrogen) atoms. The standard InChI is InChI=1S/C13H15ClN2O6/c1-13(7-22-2,6-11(17)18)15-12(19)9-4-3-8(14)5-10(9)16(20)21/h3-5H,6-7H2,1-2H3,(H,15,19)(H,17,18). The van der Waals surface area contributed by atoms with Crippen LogP contribution < -0.4 is 5.32 Å². The van der Waals surface area contributed by atoms with Crippen LogP contribution in [0.2, 0.25) is 5.02 Å². The minimum Gasteiger partial charge on any atom is -0.481 e. The quantitative estimate of drug-likeness (QED) is 0.581. The van der Waals surface area contributed by atoms with Crippen molar-refractivity contribution in [2.75, 3.05) is 13.7 Å². The molecule has 2 N–H and O–H groups in total. The molecular weight excluding hydrogens is 316 g/mol. The first-order chi connectivity index (χ1) is 10.2. The number of nitro benzene ring substituents is 1. The SMILES string of the molecule is COCC(C)(CC(=O)O)NC(=O)c1ccc(Cl)cc1[N+](=O)[O-]. The number of carbonyl (C=O) groups excluding carboxylic acids is 1. The first-order valence-corrected chi connectivity index (χ1v) is 6.53. The van der Waals surface area contributed by atoms with Gasteiger partial charge in [0.15, 0.2) is 0 Å². The topological polar surface area (TPSA) is 119 Å². The zero-order valence-electron chi connectivity index (χ0n) is 12.0. The van der Waals surface area contributed by atoms with Crippen molar-refractivity contribution in [1.29, 1.82) is 0 Å². The Labute approximate surface area is 131 Å². The number of rotatable bonds is 7. The van der Waals surface area contributed by atoms with Gasteiger partial charge in [-0.1, -0.05) is 11.6 Å². The molecule has 0 radical (unpaired) electrons. The molecule has 0 aliphatic carbocycles. The molecule has 1 atom stereocenters. The first-order valence-electron chi connectivity index (χ1n) is 6.16. The number of carboxylic acid groups (broad SMARTS) is 1. The van der Waals surface area contributed by atoms with Crippen LogP contribution in [0.5, 0.6) is 0 Å². The van der Waals surface area contributed by atoms with Crippen LogP contribution in [0.25, 0.3) is 0 Å². The number of carbonyl (C=O) groups is 2. The van der Waals surface area contributed by atoms with E-state index in [2.05, 4.69) is 5.32 Å². The number of amides is 1. The van der Waals surface area contributed by atoms with Gasteiger partial charge < -0.3 is 15.2 Å². The molecule has 1 rings (SSSR count). The number of hydrogen-bond donors (Lipinski definition) is 2. The third-order valence-electron chi connectivity index (χ3n) is 2.82. The minimum atomic E-state index is -1.20. The van der Waals surface area contributed by atoms with Crippen molar-refractivity contribution in [1.82, 2.24) is 5.32 Å². The summed E-state index contributed by atoms with van der Waals surface area (Å²) in [6, 6.07) is 3.61. The maximum Gasteiger partial charge on any atom is 0.305 e. The van der Waals surface area contributed by atoms with E-state index >= 15 is 0 Å². The van der Waals surface area contributed by atoms with Crippen molar-refractivity contribution in [3.8, 4) is 0 Å². The molecule has 0 aliphatic heterocycles. The zero-order valence-corrected chi connectivity index (χ0v) is 12.7. The summed E-state index contributed by atoms with van der Waals surface area (Å²) in [4.78, 5) is 33.4. The molecule has 1 unspecified atom stereocenters. The zero-order chi connectivity index (χ0) is 16.9. The Morgan fingerprint density at radius 2 is 2.14 bits per heavy atom. The van der Waals surface area contributed by atoms with Gasteiger partial charge in [-0.25, -0.2) is 0 Å². The van der Waals surface area contributed by atoms with Crippen molar-refractivity contribution < 1.29 is 24.4 Å². The van der Waals surface area contributed by atoms with Crippen molar-refractivity contribution in [2.24, 2.45) is 0 Å². The van der Waals surface area contributed by atoms with Gasteiger partial charge in [-0.3, -0.25) is 19.7 Å². The molecule has 0 saturated heterocycles. The largest absolute Gasteiger partial charge is 0.481 e. The summed E-state index contributed by atoms with van der Waals surface area (Å²) >= 11 is 5.68. The number of nitrogens with zero attached hydrogens (tertiary/aromatic N) is 1. The maximum absolute atomic E-state index is 12.2. The summed E-state index contributed by atoms with van der Waals surface area (Å²) in [6.45, 7) is 1.41. The number of nitro groups is 1. The van der Waals surface area contributed by atoms with Gasteiger partial charge >= 0.3 is 5.97 Å². The van der Waals surface area contributed by atoms with Crippen molar-refractivity contribution >= 4 is 29.2 Å². The van der Waals surface area contributed by atoms with Gasteiger partial charge in [0.2, 0.25) is 0 Å². The summed E-state index contributed by atoms with van der Waals surface area (Å²) in [5, 5.41) is 22.5. The Bertz CT molecular complexity index is 606. The molecule has 0 aromatic heterocycles. The van der Waals surface area contributed by atoms with Gasteiger partial charge in [0, 0.05) is 18.2 Å². The van der Waals surface area contributed by atoms with E-state index in [1.807, 2.05) is 0 Å². The lowest BCUT2D eigenvalue weighted by Gasteiger charge is -2.28. The fraction of sp³-hybridized carbons (Fsp3) is 0.385. The second-order valence-electron chi connectivity index (χ2n) is 4.94. The van der Waals surface area contributed by atoms with E-state index in [1.165, 1.54) is 26.2 Å². The lowest BCUT2D eigenvalue weighted by atomic mass is 9.98. The molecule has 0 heterocycles. The molecule has 1 aromatic carbocycles. The lowest BCUT2D eigenvalue weighted by Crippen LogP contribution is -2.50. The van der Waals surface area contributed by atoms with E-state index in [-0.39, 0.29) is 17.2 Å². The fourth-order valence-electron chi connectivity index (χ4n) is 1.97. The van der Waals surface area contributed by atoms with Crippen LogP contribution in [0.15, 0.2) is 18.2 Å². The van der Waals surface area contributed by atoms with E-state index in [0.717, 1.165) is 6.07 Å². The highest BCUT2D eigenvalue weighted by atomic mass is 35.5. The van der Waals surface area contributed by atoms with E-state index in [4.69, 9.17) is 21.4 Å². The summed E-state index contributed by atoms with van der Waals surface area (Å²) in [6.07, 6.45) is -0.395. The molecule has 0 aliphatic rings. The molecule has 0 spiro atoms. The number of methoxy groups -OCH3 is 1. The molecule has 1 amide bonds. The number of aliphatic carboxylic acids is 1. The Morgan fingerprint density at radius 3 is 2.64 bits per heavy atom. The van der Waals surface area contributed by atoms with Gasteiger partial charge in [0.25, 0.3) is 11.6 Å². The van der Waals surface area contributed by atoms with Crippen molar-refractivity contribution in [3.63, 3.8) is 0 Å². The van der Waals surface area contributed by atoms with Crippen LogP contribution in [0.3, 0.4) is 0 Å². The molecule has 8 nitrogen and oxygen atoms in total. The number of hydrogen-bond acceptors (Lipinski definition) is 5. The molecule has 0 bridgehead atoms. The molecular formula is C13H15ClN2O6. The smallest absolute Gasteiger partial charge is 0.305 e. The molecule has 1 aromatic rings. The van der Waals surface area contributed by atoms with E-state index in [0.29, 0.717) is 0 Å². The van der Waals surface area contributed by atoms with Crippen LogP contribution in [0, 0.1) is 10.1 Å². The van der Waals surface area contributed by atoms with Crippen molar-refractivity contribution in [3.05, 3.63) is 38.9 Å². The average Bonchev–Trinajstić information content (AvgIpc) is 2.36. The Morgan fingerprint density at radius 1 is 1.50 bits per heavy atom. The highest BCUT2D eigenvalue weighted by Gasteiger charge is 2.32. The van der Waals surface area contributed by atoms with Gasteiger partial charge in [0.05, 0.1) is 23.5 Å². The number of nitrogens with one attached hydrogen (secondary N) is 1. The molecule has 120 valence electrons. The summed E-state index contributed by atoms with van der Waals surface area (Å²) in [5.41, 5.74) is -1.87. The van der Waals surface area contributed by atoms with Crippen LogP contribution in [-0.4, -0.2) is 41.2 Å². The predicted octanol–water partition coefficient (Wildman–Crippen LogP) is 1.86. The summed E-state index contributed by atoms with van der Waals surface area (Å²) < 4.78 is 4.91. The Balaban J connectivity index is 3.10. The number of halogens is 1. The van der Waals surface area contributed by atoms with Gasteiger partial charge in [-0.2, -0.15) is 0 Å². The Kier molecular flexibility index (Phi) is 5.84. The van der Waals surface area contributed by atoms with Crippen LogP contribution in [0.4, 0.5) is 5.69 Å². The highest BCUT2D eigenvalue weighted by Crippen LogP contribution is 2.24. The highest BCUT2D eigenvalue weighted by molar-refractivity contribution is 6.31. The van der Waals surface area contributed by atoms with Gasteiger partial charge in [-0.15, -0.1) is 0 Å². The first kappa shape index (κ1) is 17.9. The Hall–Kier alpha value is -2.19. The van der Waals surface area contributed by atoms with Gasteiger partial charge in [0.1, 0.15) is 5.56 Å². The normalized spacial score (nSPS) is 13.2. The molecule has 0 saturated carbocycles. The third-order valence-corrected chi connectivity index (χ3v) is 3.06. The average molecular weight is 331 g/mol. The van der Waals surface area contributed by atoms with Crippen molar-refractivity contribution in [2.45, 2.75) is 18.9 Å². The molecule has 0 fully saturated rings. The lowest BCUT2D eigenvalue weighted by molar-refractivity contribution is -0.385. The van der Waals surface area contributed by atoms with Crippen LogP contribution >= 0.6 is 11.6 Å². The van der Waals surface area contributed by atoms with E-state index in [9.17, 15) is 19.7 Å². The second-order valence-corrected chi connectivity index (χ2v) is 5.37. The monoisotopic (exact) mass is 330 g/mol. The second kappa shape index (κ2) is 7.19. The van der Waals surface area contributed by atoms with E-state index < -0.39 is 34.4 Å². The maximum atomic E-state index is 12.2. The van der Waals surface area contributed by atoms with Crippen LogP contribution in [-0.2, 0) is 9.53 Å². The third kappa shape index (κ3) is 4.68. The fourth-order valence-corrected chi connectivity index (χ4v) is 2.14. The predicted molar refractivity (Wildman–Crippen MR) is 78.1 cm³/mol. The number of ether oxygens (including phenoxy) is 1. The van der Waals surface area contributed by atoms with Crippen LogP contribution in [0.1, 0.15) is 23.7 Å². The summed E-state index contributed by atoms with van der Waals surface area (Å²) in [5.74, 6) is -1.91. The number of benzene rings is 1. The number of carboxylic acids is 1. The molecule has 9 heteroatoms. The van der Waals surface area contributed by atoms with E-state index in [1.54, 1.807) is 0 Å². The van der Waals surface area contributed by atoms with Gasteiger partial charge in [-0.05, 0) is 19.1 Å².